The summed E-state index contributed by atoms with van der Waals surface area (Å²) in [5, 5.41) is 0. The van der Waals surface area contributed by atoms with Gasteiger partial charge in [0.05, 0.1) is 13.7 Å². The van der Waals surface area contributed by atoms with Crippen LogP contribution in [0, 0.1) is 13.8 Å². The zero-order chi connectivity index (χ0) is 15.6. The molecule has 5 nitrogen and oxygen atoms in total. The van der Waals surface area contributed by atoms with Gasteiger partial charge in [0.25, 0.3) is 0 Å². The summed E-state index contributed by atoms with van der Waals surface area (Å²) in [6.45, 7) is 5.48. The van der Waals surface area contributed by atoms with Crippen molar-refractivity contribution >= 4 is 5.78 Å². The Morgan fingerprint density at radius 1 is 1.29 bits per heavy atom. The van der Waals surface area contributed by atoms with E-state index in [-0.39, 0.29) is 11.5 Å². The van der Waals surface area contributed by atoms with Crippen LogP contribution in [0.25, 0.3) is 0 Å². The Kier molecular flexibility index (Phi) is 4.21. The van der Waals surface area contributed by atoms with E-state index in [0.29, 0.717) is 23.6 Å². The molecular weight excluding hydrogens is 268 g/mol. The molecule has 0 radical (unpaired) electrons. The lowest BCUT2D eigenvalue weighted by Crippen LogP contribution is -2.26. The maximum Gasteiger partial charge on any atom is 0.348 e. The molecule has 0 spiro atoms. The van der Waals surface area contributed by atoms with Crippen LogP contribution in [-0.2, 0) is 6.54 Å². The van der Waals surface area contributed by atoms with Crippen molar-refractivity contribution in [1.82, 2.24) is 9.55 Å². The minimum atomic E-state index is -0.303. The van der Waals surface area contributed by atoms with Gasteiger partial charge in [-0.3, -0.25) is 9.36 Å². The van der Waals surface area contributed by atoms with E-state index in [1.165, 1.54) is 6.92 Å². The zero-order valence-corrected chi connectivity index (χ0v) is 12.6. The van der Waals surface area contributed by atoms with Gasteiger partial charge in [-0.25, -0.2) is 4.79 Å². The molecule has 1 heterocycles. The van der Waals surface area contributed by atoms with Gasteiger partial charge in [0.1, 0.15) is 5.75 Å². The van der Waals surface area contributed by atoms with Crippen LogP contribution in [-0.4, -0.2) is 22.4 Å². The van der Waals surface area contributed by atoms with Crippen LogP contribution in [0.4, 0.5) is 0 Å². The van der Waals surface area contributed by atoms with Gasteiger partial charge in [0.15, 0.2) is 5.78 Å². The van der Waals surface area contributed by atoms with Crippen LogP contribution in [0.3, 0.4) is 0 Å². The van der Waals surface area contributed by atoms with Gasteiger partial charge >= 0.3 is 5.69 Å². The van der Waals surface area contributed by atoms with Crippen LogP contribution >= 0.6 is 0 Å². The quantitative estimate of drug-likeness (QED) is 0.808. The number of ketones is 1. The van der Waals surface area contributed by atoms with E-state index in [4.69, 9.17) is 4.74 Å². The standard InChI is InChI=1S/C16H18N2O3/c1-10-7-11(2)18(16(20)17-10)9-14-8-13(12(3)19)5-6-15(14)21-4/h5-8H,9H2,1-4H3. The second kappa shape index (κ2) is 5.91. The number of nitrogens with zero attached hydrogens (tertiary/aromatic N) is 2. The first kappa shape index (κ1) is 15.0. The number of benzene rings is 1. The SMILES string of the molecule is COc1ccc(C(C)=O)cc1Cn1c(C)cc(C)nc1=O. The summed E-state index contributed by atoms with van der Waals surface area (Å²) < 4.78 is 6.87. The summed E-state index contributed by atoms with van der Waals surface area (Å²) in [6.07, 6.45) is 0. The van der Waals surface area contributed by atoms with Crippen LogP contribution < -0.4 is 10.4 Å². The first-order chi connectivity index (χ1) is 9.92. The van der Waals surface area contributed by atoms with Gasteiger partial charge in [-0.1, -0.05) is 0 Å². The molecule has 0 fully saturated rings. The zero-order valence-electron chi connectivity index (χ0n) is 12.6. The van der Waals surface area contributed by atoms with Crippen LogP contribution in [0.1, 0.15) is 34.2 Å². The first-order valence-electron chi connectivity index (χ1n) is 6.65. The molecule has 0 aliphatic heterocycles. The Labute approximate surface area is 123 Å². The Morgan fingerprint density at radius 3 is 2.57 bits per heavy atom. The van der Waals surface area contributed by atoms with E-state index >= 15 is 0 Å². The molecule has 0 saturated carbocycles. The first-order valence-corrected chi connectivity index (χ1v) is 6.65. The number of carbonyl (C=O) groups is 1. The largest absolute Gasteiger partial charge is 0.496 e. The van der Waals surface area contributed by atoms with Gasteiger partial charge in [-0.05, 0) is 45.0 Å². The highest BCUT2D eigenvalue weighted by Gasteiger charge is 2.10. The van der Waals surface area contributed by atoms with Crippen LogP contribution in [0.15, 0.2) is 29.1 Å². The molecule has 21 heavy (non-hydrogen) atoms. The fourth-order valence-corrected chi connectivity index (χ4v) is 2.26. The van der Waals surface area contributed by atoms with Crippen molar-refractivity contribution in [2.75, 3.05) is 7.11 Å². The molecule has 0 N–H and O–H groups in total. The molecular formula is C16H18N2O3. The third-order valence-corrected chi connectivity index (χ3v) is 3.36. The molecule has 5 heteroatoms. The predicted molar refractivity (Wildman–Crippen MR) is 80.1 cm³/mol. The number of aromatic nitrogens is 2. The molecule has 1 aromatic heterocycles. The molecule has 0 amide bonds. The second-order valence-corrected chi connectivity index (χ2v) is 4.99. The second-order valence-electron chi connectivity index (χ2n) is 4.99. The van der Waals surface area contributed by atoms with E-state index in [1.807, 2.05) is 13.0 Å². The maximum absolute atomic E-state index is 12.0. The lowest BCUT2D eigenvalue weighted by atomic mass is 10.1. The summed E-state index contributed by atoms with van der Waals surface area (Å²) >= 11 is 0. The number of ether oxygens (including phenoxy) is 1. The Morgan fingerprint density at radius 2 is 2.00 bits per heavy atom. The van der Waals surface area contributed by atoms with Gasteiger partial charge in [-0.2, -0.15) is 4.98 Å². The minimum absolute atomic E-state index is 0.0231. The summed E-state index contributed by atoms with van der Waals surface area (Å²) in [5.41, 5.74) is 2.58. The average molecular weight is 286 g/mol. The number of carbonyl (C=O) groups excluding carboxylic acids is 1. The molecule has 110 valence electrons. The minimum Gasteiger partial charge on any atom is -0.496 e. The Bertz CT molecular complexity index is 748. The topological polar surface area (TPSA) is 61.2 Å². The molecule has 2 aromatic rings. The lowest BCUT2D eigenvalue weighted by molar-refractivity contribution is 0.101. The predicted octanol–water partition coefficient (Wildman–Crippen LogP) is 2.12. The number of hydrogen-bond donors (Lipinski definition) is 0. The Balaban J connectivity index is 2.50. The molecule has 0 bridgehead atoms. The molecule has 0 aliphatic carbocycles. The molecule has 0 aliphatic rings. The number of Topliss-reactive ketones (excluding diaryl/α,β-unsaturated/α-hetero) is 1. The summed E-state index contributed by atoms with van der Waals surface area (Å²) in [7, 11) is 1.56. The number of methoxy groups -OCH3 is 1. The summed E-state index contributed by atoms with van der Waals surface area (Å²) in [4.78, 5) is 27.5. The van der Waals surface area contributed by atoms with Crippen molar-refractivity contribution in [2.45, 2.75) is 27.3 Å². The monoisotopic (exact) mass is 286 g/mol. The van der Waals surface area contributed by atoms with E-state index in [0.717, 1.165) is 11.3 Å². The number of hydrogen-bond acceptors (Lipinski definition) is 4. The van der Waals surface area contributed by atoms with Crippen molar-refractivity contribution in [3.8, 4) is 5.75 Å². The van der Waals surface area contributed by atoms with E-state index < -0.39 is 0 Å². The van der Waals surface area contributed by atoms with Gasteiger partial charge in [-0.15, -0.1) is 0 Å². The smallest absolute Gasteiger partial charge is 0.348 e. The van der Waals surface area contributed by atoms with Crippen LogP contribution in [0.2, 0.25) is 0 Å². The van der Waals surface area contributed by atoms with E-state index in [9.17, 15) is 9.59 Å². The van der Waals surface area contributed by atoms with E-state index in [1.54, 1.807) is 36.8 Å². The molecule has 0 atom stereocenters. The maximum atomic E-state index is 12.0. The van der Waals surface area contributed by atoms with Crippen molar-refractivity contribution in [3.05, 3.63) is 57.3 Å². The molecule has 0 saturated heterocycles. The number of aryl methyl sites for hydroxylation is 2. The highest BCUT2D eigenvalue weighted by atomic mass is 16.5. The normalized spacial score (nSPS) is 10.5. The fraction of sp³-hybridized carbons (Fsp3) is 0.312. The fourth-order valence-electron chi connectivity index (χ4n) is 2.26. The van der Waals surface area contributed by atoms with Gasteiger partial charge in [0.2, 0.25) is 0 Å². The van der Waals surface area contributed by atoms with Crippen molar-refractivity contribution in [2.24, 2.45) is 0 Å². The third kappa shape index (κ3) is 3.18. The summed E-state index contributed by atoms with van der Waals surface area (Å²) in [5.74, 6) is 0.622. The van der Waals surface area contributed by atoms with Crippen molar-refractivity contribution in [1.29, 1.82) is 0 Å². The highest BCUT2D eigenvalue weighted by Crippen LogP contribution is 2.21. The van der Waals surface area contributed by atoms with Gasteiger partial charge < -0.3 is 4.74 Å². The molecule has 0 unspecified atom stereocenters. The van der Waals surface area contributed by atoms with E-state index in [2.05, 4.69) is 4.98 Å². The highest BCUT2D eigenvalue weighted by molar-refractivity contribution is 5.94. The molecule has 1 aromatic carbocycles. The third-order valence-electron chi connectivity index (χ3n) is 3.36. The average Bonchev–Trinajstić information content (AvgIpc) is 2.42. The molecule has 2 rings (SSSR count). The van der Waals surface area contributed by atoms with Crippen LogP contribution in [0.5, 0.6) is 5.75 Å². The van der Waals surface area contributed by atoms with Crippen molar-refractivity contribution < 1.29 is 9.53 Å². The lowest BCUT2D eigenvalue weighted by Gasteiger charge is -2.13. The van der Waals surface area contributed by atoms with Crippen molar-refractivity contribution in [3.63, 3.8) is 0 Å². The van der Waals surface area contributed by atoms with Gasteiger partial charge in [0, 0.05) is 22.5 Å². The Hall–Kier alpha value is -2.43. The number of rotatable bonds is 4. The summed E-state index contributed by atoms with van der Waals surface area (Å²) in [6, 6.07) is 7.07.